The quantitative estimate of drug-likeness (QED) is 0.823. The molecule has 0 aliphatic rings. The van der Waals surface area contributed by atoms with Gasteiger partial charge in [-0.05, 0) is 12.1 Å². The molecule has 106 valence electrons. The standard InChI is InChI=1S/C10H7Cl2F3O4/c1-19-8(17)9(18,10(13,14)15)4-2-5(11)7(16)6(12)3-4/h2-3,16,18H,1H3. The van der Waals surface area contributed by atoms with Crippen molar-refractivity contribution in [1.82, 2.24) is 0 Å². The van der Waals surface area contributed by atoms with Gasteiger partial charge in [0.1, 0.15) is 0 Å². The Balaban J connectivity index is 3.56. The van der Waals surface area contributed by atoms with Crippen LogP contribution in [0.15, 0.2) is 12.1 Å². The van der Waals surface area contributed by atoms with Gasteiger partial charge in [0.05, 0.1) is 17.2 Å². The van der Waals surface area contributed by atoms with Crippen molar-refractivity contribution in [3.05, 3.63) is 27.7 Å². The number of alkyl halides is 3. The minimum absolute atomic E-state index is 0.547. The van der Waals surface area contributed by atoms with E-state index in [9.17, 15) is 28.2 Å². The number of esters is 1. The first-order valence-electron chi connectivity index (χ1n) is 4.61. The van der Waals surface area contributed by atoms with Crippen LogP contribution >= 0.6 is 23.2 Å². The highest BCUT2D eigenvalue weighted by Crippen LogP contribution is 2.43. The Bertz CT molecular complexity index is 495. The largest absolute Gasteiger partial charge is 0.505 e. The molecule has 0 radical (unpaired) electrons. The lowest BCUT2D eigenvalue weighted by Gasteiger charge is -2.28. The van der Waals surface area contributed by atoms with Gasteiger partial charge < -0.3 is 14.9 Å². The van der Waals surface area contributed by atoms with Crippen LogP contribution in [0, 0.1) is 0 Å². The summed E-state index contributed by atoms with van der Waals surface area (Å²) in [7, 11) is 0.683. The molecule has 0 aliphatic heterocycles. The third kappa shape index (κ3) is 2.58. The molecule has 0 bridgehead atoms. The Morgan fingerprint density at radius 2 is 1.68 bits per heavy atom. The van der Waals surface area contributed by atoms with Crippen LogP contribution in [0.3, 0.4) is 0 Å². The second-order valence-electron chi connectivity index (χ2n) is 3.49. The number of carbonyl (C=O) groups is 1. The van der Waals surface area contributed by atoms with E-state index >= 15 is 0 Å². The molecular formula is C10H7Cl2F3O4. The van der Waals surface area contributed by atoms with Crippen LogP contribution in [-0.2, 0) is 15.1 Å². The number of aliphatic hydroxyl groups is 1. The molecule has 0 aromatic heterocycles. The maximum Gasteiger partial charge on any atom is 0.432 e. The summed E-state index contributed by atoms with van der Waals surface area (Å²) in [6.07, 6.45) is -5.36. The van der Waals surface area contributed by atoms with Crippen molar-refractivity contribution >= 4 is 29.2 Å². The molecule has 1 atom stereocenters. The van der Waals surface area contributed by atoms with Crippen LogP contribution in [0.4, 0.5) is 13.2 Å². The van der Waals surface area contributed by atoms with Gasteiger partial charge in [0.2, 0.25) is 0 Å². The van der Waals surface area contributed by atoms with Gasteiger partial charge in [0.25, 0.3) is 5.60 Å². The molecule has 9 heteroatoms. The number of hydrogen-bond acceptors (Lipinski definition) is 4. The molecule has 0 fully saturated rings. The van der Waals surface area contributed by atoms with Gasteiger partial charge in [-0.15, -0.1) is 0 Å². The molecule has 19 heavy (non-hydrogen) atoms. The molecule has 0 aliphatic carbocycles. The molecule has 0 amide bonds. The number of aromatic hydroxyl groups is 1. The predicted molar refractivity (Wildman–Crippen MR) is 60.1 cm³/mol. The van der Waals surface area contributed by atoms with E-state index in [0.29, 0.717) is 19.2 Å². The van der Waals surface area contributed by atoms with Crippen LogP contribution in [0.1, 0.15) is 5.56 Å². The summed E-state index contributed by atoms with van der Waals surface area (Å²) in [6, 6.07) is 1.15. The van der Waals surface area contributed by atoms with Gasteiger partial charge in [-0.3, -0.25) is 0 Å². The fourth-order valence-electron chi connectivity index (χ4n) is 1.32. The monoisotopic (exact) mass is 318 g/mol. The van der Waals surface area contributed by atoms with E-state index in [1.54, 1.807) is 0 Å². The number of benzene rings is 1. The molecule has 1 aromatic rings. The third-order valence-corrected chi connectivity index (χ3v) is 2.90. The lowest BCUT2D eigenvalue weighted by Crippen LogP contribution is -2.49. The number of carbonyl (C=O) groups excluding carboxylic acids is 1. The molecule has 1 unspecified atom stereocenters. The van der Waals surface area contributed by atoms with E-state index in [-0.39, 0.29) is 0 Å². The molecule has 0 saturated carbocycles. The molecular weight excluding hydrogens is 312 g/mol. The predicted octanol–water partition coefficient (Wildman–Crippen LogP) is 2.62. The number of hydrogen-bond donors (Lipinski definition) is 2. The summed E-state index contributed by atoms with van der Waals surface area (Å²) in [5.41, 5.74) is -4.89. The normalized spacial score (nSPS) is 14.9. The molecule has 1 aromatic carbocycles. The Morgan fingerprint density at radius 1 is 1.26 bits per heavy atom. The topological polar surface area (TPSA) is 66.8 Å². The SMILES string of the molecule is COC(=O)C(O)(c1cc(Cl)c(O)c(Cl)c1)C(F)(F)F. The van der Waals surface area contributed by atoms with E-state index in [4.69, 9.17) is 23.2 Å². The van der Waals surface area contributed by atoms with Crippen molar-refractivity contribution in [3.8, 4) is 5.75 Å². The number of phenolic OH excluding ortho intramolecular Hbond substituents is 1. The minimum atomic E-state index is -5.36. The third-order valence-electron chi connectivity index (χ3n) is 2.33. The van der Waals surface area contributed by atoms with Crippen LogP contribution in [0.25, 0.3) is 0 Å². The maximum absolute atomic E-state index is 12.9. The van der Waals surface area contributed by atoms with Gasteiger partial charge in [0.15, 0.2) is 5.75 Å². The molecule has 0 heterocycles. The lowest BCUT2D eigenvalue weighted by atomic mass is 9.93. The second-order valence-corrected chi connectivity index (χ2v) is 4.30. The maximum atomic E-state index is 12.9. The summed E-state index contributed by atoms with van der Waals surface area (Å²) in [6.45, 7) is 0. The first-order valence-corrected chi connectivity index (χ1v) is 5.37. The Labute approximate surface area is 115 Å². The van der Waals surface area contributed by atoms with Gasteiger partial charge in [-0.1, -0.05) is 23.2 Å². The zero-order valence-corrected chi connectivity index (χ0v) is 10.8. The van der Waals surface area contributed by atoms with Crippen LogP contribution in [-0.4, -0.2) is 29.5 Å². The minimum Gasteiger partial charge on any atom is -0.505 e. The van der Waals surface area contributed by atoms with Crippen molar-refractivity contribution in [3.63, 3.8) is 0 Å². The van der Waals surface area contributed by atoms with E-state index in [0.717, 1.165) is 0 Å². The molecule has 1 rings (SSSR count). The average Bonchev–Trinajstić information content (AvgIpc) is 2.31. The number of ether oxygens (including phenoxy) is 1. The zero-order valence-electron chi connectivity index (χ0n) is 9.26. The van der Waals surface area contributed by atoms with Gasteiger partial charge in [-0.2, -0.15) is 13.2 Å². The van der Waals surface area contributed by atoms with E-state index < -0.39 is 39.1 Å². The summed E-state index contributed by atoms with van der Waals surface area (Å²) < 4.78 is 42.6. The zero-order chi connectivity index (χ0) is 15.0. The Kier molecular flexibility index (Phi) is 4.23. The number of halogens is 5. The van der Waals surface area contributed by atoms with Crippen molar-refractivity contribution in [2.45, 2.75) is 11.8 Å². The smallest absolute Gasteiger partial charge is 0.432 e. The van der Waals surface area contributed by atoms with Crippen LogP contribution in [0.2, 0.25) is 10.0 Å². The number of phenols is 1. The first-order chi connectivity index (χ1) is 8.55. The lowest BCUT2D eigenvalue weighted by molar-refractivity contribution is -0.266. The molecule has 2 N–H and O–H groups in total. The summed E-state index contributed by atoms with van der Waals surface area (Å²) in [5, 5.41) is 17.8. The Hall–Kier alpha value is -1.18. The highest BCUT2D eigenvalue weighted by Gasteiger charge is 2.62. The molecule has 0 saturated heterocycles. The second kappa shape index (κ2) is 5.07. The highest BCUT2D eigenvalue weighted by atomic mass is 35.5. The number of rotatable bonds is 2. The summed E-state index contributed by atoms with van der Waals surface area (Å²) >= 11 is 10.9. The van der Waals surface area contributed by atoms with Crippen molar-refractivity contribution < 1.29 is 32.9 Å². The van der Waals surface area contributed by atoms with Crippen molar-refractivity contribution in [2.24, 2.45) is 0 Å². The Morgan fingerprint density at radius 3 is 2.00 bits per heavy atom. The van der Waals surface area contributed by atoms with E-state index in [1.165, 1.54) is 0 Å². The van der Waals surface area contributed by atoms with E-state index in [1.807, 2.05) is 0 Å². The summed E-state index contributed by atoms with van der Waals surface area (Å²) in [5.74, 6) is -2.61. The van der Waals surface area contributed by atoms with Gasteiger partial charge >= 0.3 is 12.1 Å². The van der Waals surface area contributed by atoms with Crippen molar-refractivity contribution in [1.29, 1.82) is 0 Å². The fraction of sp³-hybridized carbons (Fsp3) is 0.300. The van der Waals surface area contributed by atoms with E-state index in [2.05, 4.69) is 4.74 Å². The summed E-state index contributed by atoms with van der Waals surface area (Å²) in [4.78, 5) is 11.2. The van der Waals surface area contributed by atoms with Crippen LogP contribution in [0.5, 0.6) is 5.75 Å². The molecule has 4 nitrogen and oxygen atoms in total. The van der Waals surface area contributed by atoms with Gasteiger partial charge in [-0.25, -0.2) is 4.79 Å². The first kappa shape index (κ1) is 15.9. The number of methoxy groups -OCH3 is 1. The van der Waals surface area contributed by atoms with Crippen molar-refractivity contribution in [2.75, 3.05) is 7.11 Å². The fourth-order valence-corrected chi connectivity index (χ4v) is 1.81. The van der Waals surface area contributed by atoms with Gasteiger partial charge in [0, 0.05) is 5.56 Å². The average molecular weight is 319 g/mol. The van der Waals surface area contributed by atoms with Crippen LogP contribution < -0.4 is 0 Å². The molecule has 0 spiro atoms. The highest BCUT2D eigenvalue weighted by molar-refractivity contribution is 6.37.